The van der Waals surface area contributed by atoms with Gasteiger partial charge in [0.25, 0.3) is 5.91 Å². The molecule has 2 aromatic rings. The van der Waals surface area contributed by atoms with E-state index in [9.17, 15) is 4.79 Å². The van der Waals surface area contributed by atoms with Gasteiger partial charge >= 0.3 is 0 Å². The van der Waals surface area contributed by atoms with Crippen LogP contribution in [0.3, 0.4) is 0 Å². The molecule has 0 aliphatic heterocycles. The molecule has 0 spiro atoms. The molecule has 0 bridgehead atoms. The van der Waals surface area contributed by atoms with E-state index in [1.807, 2.05) is 6.92 Å². The molecule has 2 N–H and O–H groups in total. The summed E-state index contributed by atoms with van der Waals surface area (Å²) >= 11 is 12.0. The maximum Gasteiger partial charge on any atom is 0.270 e. The molecule has 7 heteroatoms. The fraction of sp³-hybridized carbons (Fsp3) is 0.267. The van der Waals surface area contributed by atoms with E-state index in [0.717, 1.165) is 6.42 Å². The molecule has 0 saturated carbocycles. The predicted molar refractivity (Wildman–Crippen MR) is 89.1 cm³/mol. The van der Waals surface area contributed by atoms with E-state index in [-0.39, 0.29) is 5.91 Å². The Balaban J connectivity index is 2.24. The Hall–Kier alpha value is -1.85. The minimum absolute atomic E-state index is 0.224. The van der Waals surface area contributed by atoms with Crippen LogP contribution in [0.25, 0.3) is 0 Å². The van der Waals surface area contributed by atoms with Crippen molar-refractivity contribution in [3.8, 4) is 0 Å². The Bertz CT molecular complexity index is 691. The van der Waals surface area contributed by atoms with Crippen LogP contribution in [0.5, 0.6) is 0 Å². The number of carbonyl (C=O) groups is 1. The second kappa shape index (κ2) is 7.42. The van der Waals surface area contributed by atoms with Gasteiger partial charge in [0.15, 0.2) is 0 Å². The number of rotatable bonds is 5. The van der Waals surface area contributed by atoms with Gasteiger partial charge in [0.1, 0.15) is 5.69 Å². The number of aromatic nitrogens is 2. The first kappa shape index (κ1) is 16.5. The Morgan fingerprint density at radius 2 is 2.00 bits per heavy atom. The largest absolute Gasteiger partial charge is 0.351 e. The first-order valence-electron chi connectivity index (χ1n) is 6.85. The van der Waals surface area contributed by atoms with Crippen LogP contribution in [-0.4, -0.2) is 22.4 Å². The van der Waals surface area contributed by atoms with Crippen LogP contribution < -0.4 is 10.6 Å². The summed E-state index contributed by atoms with van der Waals surface area (Å²) < 4.78 is 0. The third-order valence-corrected chi connectivity index (χ3v) is 3.35. The molecule has 0 atom stereocenters. The maximum absolute atomic E-state index is 12.0. The average Bonchev–Trinajstić information content (AvgIpc) is 2.47. The third kappa shape index (κ3) is 4.32. The monoisotopic (exact) mass is 338 g/mol. The molecule has 0 unspecified atom stereocenters. The van der Waals surface area contributed by atoms with Crippen molar-refractivity contribution in [2.24, 2.45) is 0 Å². The Kier molecular flexibility index (Phi) is 5.57. The normalized spacial score (nSPS) is 10.4. The molecule has 1 heterocycles. The Labute approximate surface area is 139 Å². The molecule has 1 aromatic heterocycles. The number of nitrogens with zero attached hydrogens (tertiary/aromatic N) is 2. The maximum atomic E-state index is 12.0. The van der Waals surface area contributed by atoms with E-state index in [4.69, 9.17) is 23.2 Å². The lowest BCUT2D eigenvalue weighted by Gasteiger charge is -2.10. The summed E-state index contributed by atoms with van der Waals surface area (Å²) in [4.78, 5) is 20.5. The van der Waals surface area contributed by atoms with Gasteiger partial charge in [0.2, 0.25) is 5.95 Å². The number of nitrogens with one attached hydrogen (secondary N) is 2. The highest BCUT2D eigenvalue weighted by molar-refractivity contribution is 6.36. The fourth-order valence-electron chi connectivity index (χ4n) is 1.78. The van der Waals surface area contributed by atoms with E-state index < -0.39 is 0 Å². The first-order valence-corrected chi connectivity index (χ1v) is 7.61. The van der Waals surface area contributed by atoms with Crippen molar-refractivity contribution in [1.29, 1.82) is 0 Å². The number of amides is 1. The van der Waals surface area contributed by atoms with Crippen molar-refractivity contribution in [3.63, 3.8) is 0 Å². The van der Waals surface area contributed by atoms with Crippen molar-refractivity contribution >= 4 is 40.7 Å². The van der Waals surface area contributed by atoms with Crippen LogP contribution in [0.1, 0.15) is 29.5 Å². The van der Waals surface area contributed by atoms with E-state index in [0.29, 0.717) is 39.6 Å². The summed E-state index contributed by atoms with van der Waals surface area (Å²) in [6.07, 6.45) is 0.862. The number of hydrogen-bond acceptors (Lipinski definition) is 4. The van der Waals surface area contributed by atoms with Crippen LogP contribution in [-0.2, 0) is 0 Å². The van der Waals surface area contributed by atoms with Gasteiger partial charge < -0.3 is 10.6 Å². The van der Waals surface area contributed by atoms with Gasteiger partial charge in [-0.05, 0) is 37.6 Å². The summed E-state index contributed by atoms with van der Waals surface area (Å²) in [6.45, 7) is 4.39. The van der Waals surface area contributed by atoms with Gasteiger partial charge in [-0.3, -0.25) is 4.79 Å². The minimum Gasteiger partial charge on any atom is -0.351 e. The number of carbonyl (C=O) groups excluding carboxylic acids is 1. The zero-order valence-corrected chi connectivity index (χ0v) is 13.8. The van der Waals surface area contributed by atoms with Crippen LogP contribution in [0.4, 0.5) is 11.6 Å². The second-order valence-corrected chi connectivity index (χ2v) is 5.57. The Morgan fingerprint density at radius 3 is 2.68 bits per heavy atom. The van der Waals surface area contributed by atoms with Crippen molar-refractivity contribution in [3.05, 3.63) is 45.7 Å². The number of benzene rings is 1. The number of hydrogen-bond donors (Lipinski definition) is 2. The van der Waals surface area contributed by atoms with Crippen molar-refractivity contribution < 1.29 is 4.79 Å². The highest BCUT2D eigenvalue weighted by Gasteiger charge is 2.11. The van der Waals surface area contributed by atoms with Crippen molar-refractivity contribution in [2.75, 3.05) is 11.9 Å². The lowest BCUT2D eigenvalue weighted by Crippen LogP contribution is -2.25. The molecule has 0 aliphatic carbocycles. The summed E-state index contributed by atoms with van der Waals surface area (Å²) in [5.41, 5.74) is 1.62. The predicted octanol–water partition coefficient (Wildman–Crippen LogP) is 3.98. The molecule has 1 aromatic carbocycles. The van der Waals surface area contributed by atoms with Crippen LogP contribution in [0.2, 0.25) is 10.0 Å². The van der Waals surface area contributed by atoms with Gasteiger partial charge in [0, 0.05) is 17.3 Å². The lowest BCUT2D eigenvalue weighted by molar-refractivity contribution is 0.0948. The zero-order chi connectivity index (χ0) is 16.1. The molecule has 0 saturated heterocycles. The summed E-state index contributed by atoms with van der Waals surface area (Å²) in [6, 6.07) is 6.70. The van der Waals surface area contributed by atoms with Crippen LogP contribution in [0.15, 0.2) is 24.3 Å². The average molecular weight is 339 g/mol. The molecule has 0 fully saturated rings. The van der Waals surface area contributed by atoms with Gasteiger partial charge in [-0.15, -0.1) is 0 Å². The van der Waals surface area contributed by atoms with Gasteiger partial charge in [0.05, 0.1) is 10.7 Å². The topological polar surface area (TPSA) is 66.9 Å². The Morgan fingerprint density at radius 1 is 1.23 bits per heavy atom. The second-order valence-electron chi connectivity index (χ2n) is 4.72. The number of halogens is 2. The molecular weight excluding hydrogens is 323 g/mol. The van der Waals surface area contributed by atoms with Crippen molar-refractivity contribution in [2.45, 2.75) is 20.3 Å². The molecule has 116 valence electrons. The smallest absolute Gasteiger partial charge is 0.270 e. The highest BCUT2D eigenvalue weighted by Crippen LogP contribution is 2.27. The molecule has 1 amide bonds. The summed E-state index contributed by atoms with van der Waals surface area (Å²) in [5, 5.41) is 6.78. The zero-order valence-electron chi connectivity index (χ0n) is 12.3. The fourth-order valence-corrected chi connectivity index (χ4v) is 2.24. The van der Waals surface area contributed by atoms with Gasteiger partial charge in [-0.25, -0.2) is 9.97 Å². The van der Waals surface area contributed by atoms with E-state index in [1.54, 1.807) is 31.2 Å². The van der Waals surface area contributed by atoms with Gasteiger partial charge in [-0.1, -0.05) is 30.1 Å². The quantitative estimate of drug-likeness (QED) is 0.865. The summed E-state index contributed by atoms with van der Waals surface area (Å²) in [5.74, 6) is 0.0865. The molecule has 5 nitrogen and oxygen atoms in total. The molecule has 2 rings (SSSR count). The summed E-state index contributed by atoms with van der Waals surface area (Å²) in [7, 11) is 0. The number of aryl methyl sites for hydroxylation is 1. The minimum atomic E-state index is -0.224. The standard InChI is InChI=1S/C15H16Cl2N4O/c1-3-6-18-14(22)13-7-9(2)19-15(21-13)20-12-5-4-10(16)8-11(12)17/h4-5,7-8H,3,6H2,1-2H3,(H,18,22)(H,19,20,21). The van der Waals surface area contributed by atoms with Crippen LogP contribution in [0, 0.1) is 6.92 Å². The molecule has 0 radical (unpaired) electrons. The van der Waals surface area contributed by atoms with Crippen molar-refractivity contribution in [1.82, 2.24) is 15.3 Å². The number of anilines is 2. The first-order chi connectivity index (χ1) is 10.5. The van der Waals surface area contributed by atoms with Crippen LogP contribution >= 0.6 is 23.2 Å². The van der Waals surface area contributed by atoms with Gasteiger partial charge in [-0.2, -0.15) is 0 Å². The van der Waals surface area contributed by atoms with E-state index in [2.05, 4.69) is 20.6 Å². The molecular formula is C15H16Cl2N4O. The van der Waals surface area contributed by atoms with E-state index in [1.165, 1.54) is 0 Å². The lowest BCUT2D eigenvalue weighted by atomic mass is 10.3. The molecule has 0 aliphatic rings. The highest BCUT2D eigenvalue weighted by atomic mass is 35.5. The molecule has 22 heavy (non-hydrogen) atoms. The third-order valence-electron chi connectivity index (χ3n) is 2.80. The SMILES string of the molecule is CCCNC(=O)c1cc(C)nc(Nc2ccc(Cl)cc2Cl)n1. The van der Waals surface area contributed by atoms with E-state index >= 15 is 0 Å².